The fourth-order valence-electron chi connectivity index (χ4n) is 3.56. The second kappa shape index (κ2) is 9.74. The minimum absolute atomic E-state index is 0.174. The summed E-state index contributed by atoms with van der Waals surface area (Å²) in [7, 11) is 2.91. The highest BCUT2D eigenvalue weighted by Gasteiger charge is 2.42. The molecule has 1 amide bonds. The van der Waals surface area contributed by atoms with Gasteiger partial charge in [-0.3, -0.25) is 4.79 Å². The van der Waals surface area contributed by atoms with Gasteiger partial charge in [-0.25, -0.2) is 4.79 Å². The molecule has 1 saturated carbocycles. The maximum Gasteiger partial charge on any atom is 0.341 e. The number of nitrogens with one attached hydrogen (secondary N) is 1. The third-order valence-corrected chi connectivity index (χ3v) is 5.16. The molecule has 0 aliphatic heterocycles. The van der Waals surface area contributed by atoms with Crippen molar-refractivity contribution in [1.29, 1.82) is 0 Å². The van der Waals surface area contributed by atoms with Gasteiger partial charge in [-0.15, -0.1) is 0 Å². The van der Waals surface area contributed by atoms with Gasteiger partial charge >= 0.3 is 5.97 Å². The lowest BCUT2D eigenvalue weighted by Crippen LogP contribution is -2.47. The normalized spacial score (nSPS) is 22.1. The number of methoxy groups -OCH3 is 2. The average Bonchev–Trinajstić information content (AvgIpc) is 2.68. The van der Waals surface area contributed by atoms with E-state index in [-0.39, 0.29) is 5.91 Å². The van der Waals surface area contributed by atoms with E-state index < -0.39 is 11.6 Å². The van der Waals surface area contributed by atoms with Gasteiger partial charge in [-0.2, -0.15) is 0 Å². The second-order valence-electron chi connectivity index (χ2n) is 7.26. The molecule has 1 N–H and O–H groups in total. The minimum atomic E-state index is -0.820. The number of hydrogen-bond donors (Lipinski definition) is 1. The predicted molar refractivity (Wildman–Crippen MR) is 104 cm³/mol. The van der Waals surface area contributed by atoms with Crippen LogP contribution in [0, 0.1) is 5.92 Å². The van der Waals surface area contributed by atoms with Crippen molar-refractivity contribution in [2.45, 2.75) is 58.0 Å². The SMILES string of the molecule is CCCCOc1ccc(NC(=O)[C@@]2(OC)CCC[C@@H](C)C2)cc1C(=O)OC. The molecule has 1 aromatic rings. The molecule has 1 aromatic carbocycles. The van der Waals surface area contributed by atoms with Crippen LogP contribution in [0.5, 0.6) is 5.75 Å². The predicted octanol–water partition coefficient (Wildman–Crippen LogP) is 4.19. The molecule has 27 heavy (non-hydrogen) atoms. The van der Waals surface area contributed by atoms with E-state index in [1.165, 1.54) is 7.11 Å². The van der Waals surface area contributed by atoms with Crippen molar-refractivity contribution in [2.75, 3.05) is 26.1 Å². The summed E-state index contributed by atoms with van der Waals surface area (Å²) in [6, 6.07) is 5.03. The van der Waals surface area contributed by atoms with Crippen molar-refractivity contribution < 1.29 is 23.8 Å². The number of hydrogen-bond acceptors (Lipinski definition) is 5. The molecule has 150 valence electrons. The second-order valence-corrected chi connectivity index (χ2v) is 7.26. The molecule has 1 aliphatic rings. The number of rotatable bonds is 8. The summed E-state index contributed by atoms with van der Waals surface area (Å²) in [6.07, 6.45) is 5.35. The molecule has 0 unspecified atom stereocenters. The molecular formula is C21H31NO5. The fourth-order valence-corrected chi connectivity index (χ4v) is 3.56. The van der Waals surface area contributed by atoms with Crippen LogP contribution in [-0.4, -0.2) is 38.3 Å². The van der Waals surface area contributed by atoms with E-state index in [9.17, 15) is 9.59 Å². The lowest BCUT2D eigenvalue weighted by Gasteiger charge is -2.37. The Labute approximate surface area is 161 Å². The van der Waals surface area contributed by atoms with E-state index in [1.54, 1.807) is 25.3 Å². The average molecular weight is 377 g/mol. The molecule has 2 atom stereocenters. The molecule has 6 nitrogen and oxygen atoms in total. The van der Waals surface area contributed by atoms with Gasteiger partial charge in [0.15, 0.2) is 0 Å². The van der Waals surface area contributed by atoms with Gasteiger partial charge in [0.2, 0.25) is 0 Å². The van der Waals surface area contributed by atoms with Gasteiger partial charge in [0.25, 0.3) is 5.91 Å². The number of unbranched alkanes of at least 4 members (excludes halogenated alkanes) is 1. The van der Waals surface area contributed by atoms with Gasteiger partial charge in [0.1, 0.15) is 16.9 Å². The van der Waals surface area contributed by atoms with Crippen molar-refractivity contribution in [2.24, 2.45) is 5.92 Å². The Morgan fingerprint density at radius 3 is 2.70 bits per heavy atom. The summed E-state index contributed by atoms with van der Waals surface area (Å²) in [5, 5.41) is 2.91. The van der Waals surface area contributed by atoms with E-state index in [2.05, 4.69) is 19.2 Å². The first kappa shape index (κ1) is 21.2. The first-order valence-corrected chi connectivity index (χ1v) is 9.67. The Hall–Kier alpha value is -2.08. The summed E-state index contributed by atoms with van der Waals surface area (Å²) in [5.74, 6) is 0.225. The summed E-state index contributed by atoms with van der Waals surface area (Å²) in [4.78, 5) is 25.1. The monoisotopic (exact) mass is 377 g/mol. The quantitative estimate of drug-likeness (QED) is 0.543. The van der Waals surface area contributed by atoms with Crippen molar-refractivity contribution in [3.8, 4) is 5.75 Å². The molecule has 2 rings (SSSR count). The Kier molecular flexibility index (Phi) is 7.66. The highest BCUT2D eigenvalue weighted by Crippen LogP contribution is 2.36. The third-order valence-electron chi connectivity index (χ3n) is 5.16. The van der Waals surface area contributed by atoms with Crippen LogP contribution in [0.2, 0.25) is 0 Å². The van der Waals surface area contributed by atoms with Crippen molar-refractivity contribution in [1.82, 2.24) is 0 Å². The van der Waals surface area contributed by atoms with Gasteiger partial charge in [0.05, 0.1) is 13.7 Å². The Bertz CT molecular complexity index is 660. The zero-order chi connectivity index (χ0) is 19.9. The fraction of sp³-hybridized carbons (Fsp3) is 0.619. The van der Waals surface area contributed by atoms with Crippen LogP contribution >= 0.6 is 0 Å². The molecule has 0 radical (unpaired) electrons. The number of anilines is 1. The smallest absolute Gasteiger partial charge is 0.341 e. The highest BCUT2D eigenvalue weighted by molar-refractivity contribution is 5.99. The van der Waals surface area contributed by atoms with Crippen LogP contribution < -0.4 is 10.1 Å². The van der Waals surface area contributed by atoms with Crippen LogP contribution in [0.3, 0.4) is 0 Å². The van der Waals surface area contributed by atoms with E-state index in [4.69, 9.17) is 14.2 Å². The number of benzene rings is 1. The van der Waals surface area contributed by atoms with Crippen molar-refractivity contribution >= 4 is 17.6 Å². The molecule has 6 heteroatoms. The zero-order valence-corrected chi connectivity index (χ0v) is 16.8. The minimum Gasteiger partial charge on any atom is -0.493 e. The van der Waals surface area contributed by atoms with Crippen molar-refractivity contribution in [3.63, 3.8) is 0 Å². The molecule has 1 aliphatic carbocycles. The van der Waals surface area contributed by atoms with Crippen LogP contribution in [0.1, 0.15) is 62.7 Å². The van der Waals surface area contributed by atoms with Crippen LogP contribution in [0.25, 0.3) is 0 Å². The molecule has 0 heterocycles. The number of ether oxygens (including phenoxy) is 3. The summed E-state index contributed by atoms with van der Waals surface area (Å²) in [5.41, 5.74) is 0.00660. The summed E-state index contributed by atoms with van der Waals surface area (Å²) in [6.45, 7) is 4.73. The van der Waals surface area contributed by atoms with E-state index >= 15 is 0 Å². The summed E-state index contributed by atoms with van der Waals surface area (Å²) < 4.78 is 16.2. The lowest BCUT2D eigenvalue weighted by molar-refractivity contribution is -0.143. The van der Waals surface area contributed by atoms with E-state index in [1.807, 2.05) is 0 Å². The number of carbonyl (C=O) groups is 2. The Balaban J connectivity index is 2.19. The molecule has 1 fully saturated rings. The van der Waals surface area contributed by atoms with E-state index in [0.717, 1.165) is 25.7 Å². The van der Waals surface area contributed by atoms with Gasteiger partial charge in [0, 0.05) is 12.8 Å². The number of esters is 1. The molecule has 0 spiro atoms. The Morgan fingerprint density at radius 2 is 2.07 bits per heavy atom. The molecule has 0 aromatic heterocycles. The maximum atomic E-state index is 12.9. The van der Waals surface area contributed by atoms with Gasteiger partial charge in [-0.05, 0) is 49.8 Å². The lowest BCUT2D eigenvalue weighted by atomic mass is 9.78. The van der Waals surface area contributed by atoms with Crippen LogP contribution in [-0.2, 0) is 14.3 Å². The maximum absolute atomic E-state index is 12.9. The molecule has 0 saturated heterocycles. The topological polar surface area (TPSA) is 73.9 Å². The molecular weight excluding hydrogens is 346 g/mol. The van der Waals surface area contributed by atoms with Crippen LogP contribution in [0.4, 0.5) is 5.69 Å². The standard InChI is InChI=1S/C21H31NO5/c1-5-6-12-27-18-10-9-16(13-17(18)19(23)25-3)22-20(24)21(26-4)11-7-8-15(2)14-21/h9-10,13,15H,5-8,11-12,14H2,1-4H3,(H,22,24)/t15-,21-/m1/s1. The first-order chi connectivity index (χ1) is 13.0. The van der Waals surface area contributed by atoms with Gasteiger partial charge in [-0.1, -0.05) is 26.7 Å². The Morgan fingerprint density at radius 1 is 1.30 bits per heavy atom. The number of carbonyl (C=O) groups excluding carboxylic acids is 2. The largest absolute Gasteiger partial charge is 0.493 e. The van der Waals surface area contributed by atoms with Gasteiger partial charge < -0.3 is 19.5 Å². The third kappa shape index (κ3) is 5.22. The first-order valence-electron chi connectivity index (χ1n) is 9.67. The van der Waals surface area contributed by atoms with Crippen LogP contribution in [0.15, 0.2) is 18.2 Å². The van der Waals surface area contributed by atoms with E-state index in [0.29, 0.717) is 42.4 Å². The highest BCUT2D eigenvalue weighted by atomic mass is 16.5. The summed E-state index contributed by atoms with van der Waals surface area (Å²) >= 11 is 0. The number of amides is 1. The molecule has 0 bridgehead atoms. The zero-order valence-electron chi connectivity index (χ0n) is 16.8. The van der Waals surface area contributed by atoms with Crippen molar-refractivity contribution in [3.05, 3.63) is 23.8 Å².